The summed E-state index contributed by atoms with van der Waals surface area (Å²) in [4.78, 5) is 28.3. The number of nitrogens with one attached hydrogen (secondary N) is 1. The Bertz CT molecular complexity index is 1010. The van der Waals surface area contributed by atoms with E-state index < -0.39 is 0 Å². The van der Waals surface area contributed by atoms with E-state index in [2.05, 4.69) is 27.3 Å². The monoisotopic (exact) mass is 400 g/mol. The highest BCUT2D eigenvalue weighted by Crippen LogP contribution is 2.23. The van der Waals surface area contributed by atoms with Gasteiger partial charge in [0.2, 0.25) is 5.91 Å². The highest BCUT2D eigenvalue weighted by atomic mass is 32.1. The summed E-state index contributed by atoms with van der Waals surface area (Å²) < 4.78 is 2.65. The summed E-state index contributed by atoms with van der Waals surface area (Å²) in [6.07, 6.45) is 5.18. The maximum Gasteiger partial charge on any atom is 0.293 e. The molecule has 0 bridgehead atoms. The zero-order valence-electron chi connectivity index (χ0n) is 15.9. The Hall–Kier alpha value is -2.52. The molecule has 1 aliphatic heterocycles. The van der Waals surface area contributed by atoms with Crippen molar-refractivity contribution in [1.82, 2.24) is 29.6 Å². The Morgan fingerprint density at radius 1 is 1.39 bits per heavy atom. The van der Waals surface area contributed by atoms with Crippen LogP contribution in [0.1, 0.15) is 26.2 Å². The first kappa shape index (κ1) is 18.8. The third-order valence-corrected chi connectivity index (χ3v) is 6.11. The van der Waals surface area contributed by atoms with Gasteiger partial charge >= 0.3 is 0 Å². The summed E-state index contributed by atoms with van der Waals surface area (Å²) >= 11 is 1.56. The molecule has 1 fully saturated rings. The molecule has 0 saturated carbocycles. The second-order valence-corrected chi connectivity index (χ2v) is 8.11. The maximum atomic E-state index is 12.7. The van der Waals surface area contributed by atoms with Gasteiger partial charge in [0.25, 0.3) is 5.56 Å². The molecule has 1 atom stereocenters. The van der Waals surface area contributed by atoms with Gasteiger partial charge in [-0.15, -0.1) is 11.3 Å². The highest BCUT2D eigenvalue weighted by Gasteiger charge is 2.18. The number of carbonyl (C=O) groups is 1. The summed E-state index contributed by atoms with van der Waals surface area (Å²) in [5.41, 5.74) is 0.817. The molecule has 0 aliphatic carbocycles. The van der Waals surface area contributed by atoms with Crippen molar-refractivity contribution < 1.29 is 4.79 Å². The summed E-state index contributed by atoms with van der Waals surface area (Å²) in [7, 11) is 0. The van der Waals surface area contributed by atoms with Crippen LogP contribution in [0.4, 0.5) is 0 Å². The highest BCUT2D eigenvalue weighted by molar-refractivity contribution is 7.13. The van der Waals surface area contributed by atoms with Gasteiger partial charge < -0.3 is 5.32 Å². The molecule has 3 aromatic heterocycles. The largest absolute Gasteiger partial charge is 0.353 e. The molecule has 148 valence electrons. The average Bonchev–Trinajstić information content (AvgIpc) is 3.35. The van der Waals surface area contributed by atoms with E-state index in [4.69, 9.17) is 0 Å². The van der Waals surface area contributed by atoms with Gasteiger partial charge in [0, 0.05) is 19.1 Å². The lowest BCUT2D eigenvalue weighted by Crippen LogP contribution is -2.43. The van der Waals surface area contributed by atoms with Crippen molar-refractivity contribution in [3.63, 3.8) is 0 Å². The van der Waals surface area contributed by atoms with Crippen LogP contribution in [0.3, 0.4) is 0 Å². The Balaban J connectivity index is 1.39. The number of likely N-dealkylation sites (tertiary alicyclic amines) is 1. The molecule has 1 N–H and O–H groups in total. The number of thiophene rings is 1. The number of rotatable bonds is 6. The van der Waals surface area contributed by atoms with Crippen LogP contribution >= 0.6 is 11.3 Å². The van der Waals surface area contributed by atoms with Gasteiger partial charge in [-0.2, -0.15) is 10.2 Å². The number of hydrogen-bond donors (Lipinski definition) is 1. The van der Waals surface area contributed by atoms with Crippen LogP contribution in [-0.2, 0) is 11.3 Å². The SMILES string of the molecule is C[C@@H]1CCCCN1CCNC(=O)Cn1ncn2nc(-c3cccs3)cc2c1=O. The Kier molecular flexibility index (Phi) is 5.54. The number of nitrogens with zero attached hydrogens (tertiary/aromatic N) is 5. The van der Waals surface area contributed by atoms with E-state index in [0.29, 0.717) is 18.1 Å². The summed E-state index contributed by atoms with van der Waals surface area (Å²) in [5, 5.41) is 13.3. The number of fused-ring (bicyclic) bond motifs is 1. The molecule has 0 radical (unpaired) electrons. The number of aromatic nitrogens is 4. The molecule has 3 aromatic rings. The number of piperidine rings is 1. The molecular formula is C19H24N6O2S. The normalized spacial score (nSPS) is 17.8. The molecule has 0 spiro atoms. The lowest BCUT2D eigenvalue weighted by atomic mass is 10.0. The molecule has 1 aliphatic rings. The number of carbonyl (C=O) groups excluding carboxylic acids is 1. The minimum Gasteiger partial charge on any atom is -0.353 e. The van der Waals surface area contributed by atoms with Crippen LogP contribution in [0.5, 0.6) is 0 Å². The van der Waals surface area contributed by atoms with E-state index in [9.17, 15) is 9.59 Å². The van der Waals surface area contributed by atoms with Crippen molar-refractivity contribution in [2.24, 2.45) is 0 Å². The predicted molar refractivity (Wildman–Crippen MR) is 108 cm³/mol. The topological polar surface area (TPSA) is 84.5 Å². The minimum atomic E-state index is -0.322. The third kappa shape index (κ3) is 4.00. The van der Waals surface area contributed by atoms with E-state index >= 15 is 0 Å². The molecule has 4 heterocycles. The van der Waals surface area contributed by atoms with Gasteiger partial charge in [-0.1, -0.05) is 12.5 Å². The van der Waals surface area contributed by atoms with Crippen molar-refractivity contribution in [2.45, 2.75) is 38.8 Å². The van der Waals surface area contributed by atoms with Crippen LogP contribution in [-0.4, -0.2) is 55.9 Å². The molecule has 9 heteroatoms. The van der Waals surface area contributed by atoms with Crippen LogP contribution in [0.25, 0.3) is 16.1 Å². The van der Waals surface area contributed by atoms with Gasteiger partial charge in [-0.25, -0.2) is 9.20 Å². The smallest absolute Gasteiger partial charge is 0.293 e. The van der Waals surface area contributed by atoms with Crippen molar-refractivity contribution in [2.75, 3.05) is 19.6 Å². The lowest BCUT2D eigenvalue weighted by molar-refractivity contribution is -0.122. The Labute approximate surface area is 166 Å². The Morgan fingerprint density at radius 2 is 2.29 bits per heavy atom. The van der Waals surface area contributed by atoms with E-state index in [1.165, 1.54) is 34.8 Å². The van der Waals surface area contributed by atoms with Gasteiger partial charge in [-0.05, 0) is 43.8 Å². The first-order valence-corrected chi connectivity index (χ1v) is 10.5. The van der Waals surface area contributed by atoms with E-state index in [1.54, 1.807) is 17.4 Å². The molecule has 0 unspecified atom stereocenters. The number of hydrogen-bond acceptors (Lipinski definition) is 6. The van der Waals surface area contributed by atoms with Crippen LogP contribution in [0, 0.1) is 0 Å². The second kappa shape index (κ2) is 8.24. The van der Waals surface area contributed by atoms with Crippen LogP contribution < -0.4 is 10.9 Å². The van der Waals surface area contributed by atoms with Crippen molar-refractivity contribution in [3.8, 4) is 10.6 Å². The predicted octanol–water partition coefficient (Wildman–Crippen LogP) is 1.61. The molecule has 8 nitrogen and oxygen atoms in total. The van der Waals surface area contributed by atoms with Crippen LogP contribution in [0.15, 0.2) is 34.7 Å². The summed E-state index contributed by atoms with van der Waals surface area (Å²) in [6, 6.07) is 6.20. The molecular weight excluding hydrogens is 376 g/mol. The van der Waals surface area contributed by atoms with Crippen LogP contribution in [0.2, 0.25) is 0 Å². The second-order valence-electron chi connectivity index (χ2n) is 7.16. The molecule has 4 rings (SSSR count). The third-order valence-electron chi connectivity index (χ3n) is 5.22. The minimum absolute atomic E-state index is 0.0929. The summed E-state index contributed by atoms with van der Waals surface area (Å²) in [5.74, 6) is -0.207. The van der Waals surface area contributed by atoms with Crippen molar-refractivity contribution in [1.29, 1.82) is 0 Å². The van der Waals surface area contributed by atoms with Crippen molar-refractivity contribution >= 4 is 22.8 Å². The molecule has 28 heavy (non-hydrogen) atoms. The zero-order valence-corrected chi connectivity index (χ0v) is 16.7. The van der Waals surface area contributed by atoms with Crippen molar-refractivity contribution in [3.05, 3.63) is 40.3 Å². The zero-order chi connectivity index (χ0) is 19.5. The maximum absolute atomic E-state index is 12.7. The Morgan fingerprint density at radius 3 is 3.07 bits per heavy atom. The van der Waals surface area contributed by atoms with Gasteiger partial charge in [0.05, 0.1) is 4.88 Å². The fraction of sp³-hybridized carbons (Fsp3) is 0.474. The quantitative estimate of drug-likeness (QED) is 0.680. The van der Waals surface area contributed by atoms with E-state index in [0.717, 1.165) is 23.7 Å². The van der Waals surface area contributed by atoms with Gasteiger partial charge in [-0.3, -0.25) is 14.5 Å². The first-order valence-electron chi connectivity index (χ1n) is 9.62. The van der Waals surface area contributed by atoms with E-state index in [1.807, 2.05) is 17.5 Å². The lowest BCUT2D eigenvalue weighted by Gasteiger charge is -2.33. The van der Waals surface area contributed by atoms with Gasteiger partial charge in [0.15, 0.2) is 0 Å². The molecule has 1 saturated heterocycles. The molecule has 1 amide bonds. The molecule has 0 aromatic carbocycles. The standard InChI is InChI=1S/C19H24N6O2S/c1-14-5-2-3-8-23(14)9-7-20-18(26)12-24-19(27)16-11-15(17-6-4-10-28-17)22-25(16)13-21-24/h4,6,10-11,13-14H,2-3,5,7-9,12H2,1H3,(H,20,26)/t14-/m1/s1. The fourth-order valence-corrected chi connectivity index (χ4v) is 4.30. The summed E-state index contributed by atoms with van der Waals surface area (Å²) in [6.45, 7) is 4.64. The average molecular weight is 401 g/mol. The van der Waals surface area contributed by atoms with Gasteiger partial charge in [0.1, 0.15) is 24.1 Å². The number of amides is 1. The first-order chi connectivity index (χ1) is 13.6. The van der Waals surface area contributed by atoms with E-state index in [-0.39, 0.29) is 18.0 Å². The fourth-order valence-electron chi connectivity index (χ4n) is 3.62.